The molecule has 176 valence electrons. The Morgan fingerprint density at radius 3 is 2.66 bits per heavy atom. The van der Waals surface area contributed by atoms with E-state index in [1.165, 1.54) is 0 Å². The number of H-pyrrole nitrogens is 1. The number of piperazine rings is 1. The summed E-state index contributed by atoms with van der Waals surface area (Å²) in [6.45, 7) is 0.360. The Labute approximate surface area is 208 Å². The van der Waals surface area contributed by atoms with Crippen LogP contribution in [0.1, 0.15) is 28.4 Å². The molecular formula is C28H24ClN3O3. The average Bonchev–Trinajstić information content (AvgIpc) is 3.24. The van der Waals surface area contributed by atoms with Crippen LogP contribution in [-0.4, -0.2) is 46.3 Å². The lowest BCUT2D eigenvalue weighted by atomic mass is 9.86. The standard InChI is InChI=1S/C28H24ClN3O3/c1-35-24-12-5-3-10-20(24)27-26-21(19-9-2-4-11-22(19)30-26)14-23-28(34)31(16-25(33)32(23)27)15-17-7-6-8-18(29)13-17/h2-13,23,27,30H,14-16H2,1H3/t23-,27-/m0/s1. The van der Waals surface area contributed by atoms with Crippen molar-refractivity contribution in [1.29, 1.82) is 0 Å². The highest BCUT2D eigenvalue weighted by atomic mass is 35.5. The lowest BCUT2D eigenvalue weighted by molar-refractivity contribution is -0.159. The van der Waals surface area contributed by atoms with Crippen LogP contribution in [0.4, 0.5) is 0 Å². The van der Waals surface area contributed by atoms with Crippen LogP contribution in [0.25, 0.3) is 10.9 Å². The van der Waals surface area contributed by atoms with Gasteiger partial charge in [0.2, 0.25) is 11.8 Å². The third-order valence-corrected chi connectivity index (χ3v) is 7.27. The van der Waals surface area contributed by atoms with Crippen LogP contribution in [0.15, 0.2) is 72.8 Å². The molecule has 0 aliphatic carbocycles. The Balaban J connectivity index is 1.47. The Kier molecular flexibility index (Phi) is 5.26. The third-order valence-electron chi connectivity index (χ3n) is 7.04. The number of hydrogen-bond donors (Lipinski definition) is 1. The number of amides is 2. The van der Waals surface area contributed by atoms with Crippen LogP contribution < -0.4 is 4.74 Å². The zero-order chi connectivity index (χ0) is 24.1. The highest BCUT2D eigenvalue weighted by Gasteiger charge is 2.48. The van der Waals surface area contributed by atoms with Crippen molar-refractivity contribution in [3.05, 3.63) is 100 Å². The number of hydrogen-bond acceptors (Lipinski definition) is 3. The summed E-state index contributed by atoms with van der Waals surface area (Å²) in [6.07, 6.45) is 0.460. The van der Waals surface area contributed by atoms with Crippen LogP contribution >= 0.6 is 11.6 Å². The van der Waals surface area contributed by atoms with Crippen molar-refractivity contribution in [2.45, 2.75) is 25.0 Å². The number of aromatic nitrogens is 1. The summed E-state index contributed by atoms with van der Waals surface area (Å²) in [6, 6.07) is 22.2. The molecule has 1 aromatic heterocycles. The van der Waals surface area contributed by atoms with E-state index in [4.69, 9.17) is 16.3 Å². The molecule has 0 radical (unpaired) electrons. The molecule has 1 N–H and O–H groups in total. The zero-order valence-corrected chi connectivity index (χ0v) is 20.0. The van der Waals surface area contributed by atoms with Crippen molar-refractivity contribution in [2.24, 2.45) is 0 Å². The fraction of sp³-hybridized carbons (Fsp3) is 0.214. The molecule has 0 spiro atoms. The summed E-state index contributed by atoms with van der Waals surface area (Å²) in [5.74, 6) is 0.543. The van der Waals surface area contributed by atoms with Gasteiger partial charge in [0.05, 0.1) is 7.11 Å². The molecule has 2 atom stereocenters. The van der Waals surface area contributed by atoms with Crippen molar-refractivity contribution >= 4 is 34.3 Å². The van der Waals surface area contributed by atoms with Gasteiger partial charge in [-0.05, 0) is 35.4 Å². The molecule has 2 amide bonds. The fourth-order valence-electron chi connectivity index (χ4n) is 5.53. The molecule has 4 aromatic rings. The van der Waals surface area contributed by atoms with Gasteiger partial charge in [0.1, 0.15) is 24.4 Å². The Morgan fingerprint density at radius 1 is 1.03 bits per heavy atom. The van der Waals surface area contributed by atoms with Gasteiger partial charge in [-0.25, -0.2) is 0 Å². The van der Waals surface area contributed by atoms with E-state index in [0.717, 1.165) is 33.3 Å². The number of methoxy groups -OCH3 is 1. The molecule has 3 heterocycles. The van der Waals surface area contributed by atoms with E-state index in [1.54, 1.807) is 23.0 Å². The van der Waals surface area contributed by atoms with E-state index >= 15 is 0 Å². The summed E-state index contributed by atoms with van der Waals surface area (Å²) < 4.78 is 5.68. The molecule has 0 saturated carbocycles. The molecule has 6 rings (SSSR count). The second-order valence-electron chi connectivity index (χ2n) is 9.05. The number of para-hydroxylation sites is 2. The summed E-state index contributed by atoms with van der Waals surface area (Å²) in [5.41, 5.74) is 4.77. The van der Waals surface area contributed by atoms with Crippen molar-refractivity contribution in [1.82, 2.24) is 14.8 Å². The number of fused-ring (bicyclic) bond motifs is 4. The molecule has 1 saturated heterocycles. The molecule has 6 nitrogen and oxygen atoms in total. The van der Waals surface area contributed by atoms with Crippen LogP contribution in [0.3, 0.4) is 0 Å². The topological polar surface area (TPSA) is 65.6 Å². The van der Waals surface area contributed by atoms with Gasteiger partial charge in [-0.15, -0.1) is 0 Å². The normalized spacial score (nSPS) is 19.6. The van der Waals surface area contributed by atoms with E-state index in [1.807, 2.05) is 60.7 Å². The first-order chi connectivity index (χ1) is 17.0. The molecule has 35 heavy (non-hydrogen) atoms. The summed E-state index contributed by atoms with van der Waals surface area (Å²) in [5, 5.41) is 1.69. The number of nitrogens with one attached hydrogen (secondary N) is 1. The number of nitrogens with zero attached hydrogens (tertiary/aromatic N) is 2. The van der Waals surface area contributed by atoms with Gasteiger partial charge in [-0.3, -0.25) is 9.59 Å². The number of ether oxygens (including phenoxy) is 1. The van der Waals surface area contributed by atoms with Gasteiger partial charge in [0.15, 0.2) is 0 Å². The quantitative estimate of drug-likeness (QED) is 0.455. The number of halogens is 1. The number of rotatable bonds is 4. The highest BCUT2D eigenvalue weighted by molar-refractivity contribution is 6.30. The summed E-state index contributed by atoms with van der Waals surface area (Å²) in [4.78, 5) is 34.5. The van der Waals surface area contributed by atoms with E-state index in [0.29, 0.717) is 23.7 Å². The molecule has 1 fully saturated rings. The maximum absolute atomic E-state index is 13.9. The van der Waals surface area contributed by atoms with Gasteiger partial charge in [0.25, 0.3) is 0 Å². The molecule has 7 heteroatoms. The van der Waals surface area contributed by atoms with Gasteiger partial charge in [0, 0.05) is 40.1 Å². The van der Waals surface area contributed by atoms with Crippen LogP contribution in [0.5, 0.6) is 5.75 Å². The van der Waals surface area contributed by atoms with Crippen LogP contribution in [-0.2, 0) is 22.6 Å². The number of carbonyl (C=O) groups excluding carboxylic acids is 2. The maximum Gasteiger partial charge on any atom is 0.246 e. The maximum atomic E-state index is 13.9. The predicted octanol–water partition coefficient (Wildman–Crippen LogP) is 4.72. The molecular weight excluding hydrogens is 462 g/mol. The molecule has 2 aliphatic heterocycles. The molecule has 0 bridgehead atoms. The summed E-state index contributed by atoms with van der Waals surface area (Å²) >= 11 is 6.16. The van der Waals surface area contributed by atoms with Gasteiger partial charge >= 0.3 is 0 Å². The Morgan fingerprint density at radius 2 is 1.83 bits per heavy atom. The first-order valence-electron chi connectivity index (χ1n) is 11.6. The van der Waals surface area contributed by atoms with E-state index in [-0.39, 0.29) is 18.4 Å². The minimum absolute atomic E-state index is 0.0169. The zero-order valence-electron chi connectivity index (χ0n) is 19.2. The third kappa shape index (κ3) is 3.56. The largest absolute Gasteiger partial charge is 0.496 e. The van der Waals surface area contributed by atoms with Gasteiger partial charge < -0.3 is 19.5 Å². The second-order valence-corrected chi connectivity index (χ2v) is 9.49. The minimum Gasteiger partial charge on any atom is -0.496 e. The number of carbonyl (C=O) groups is 2. The Hall–Kier alpha value is -3.77. The SMILES string of the molecule is COc1ccccc1[C@H]1c2[nH]c3ccccc3c2C[C@H]2C(=O)N(Cc3cccc(Cl)c3)CC(=O)N12. The van der Waals surface area contributed by atoms with Crippen molar-refractivity contribution in [3.8, 4) is 5.75 Å². The molecule has 0 unspecified atom stereocenters. The lowest BCUT2D eigenvalue weighted by Crippen LogP contribution is -2.62. The first kappa shape index (κ1) is 21.7. The van der Waals surface area contributed by atoms with Crippen molar-refractivity contribution in [2.75, 3.05) is 13.7 Å². The molecule has 2 aliphatic rings. The number of benzene rings is 3. The number of aromatic amines is 1. The molecule has 3 aromatic carbocycles. The van der Waals surface area contributed by atoms with E-state index in [2.05, 4.69) is 11.1 Å². The van der Waals surface area contributed by atoms with E-state index in [9.17, 15) is 9.59 Å². The van der Waals surface area contributed by atoms with Crippen LogP contribution in [0.2, 0.25) is 5.02 Å². The minimum atomic E-state index is -0.600. The van der Waals surface area contributed by atoms with Crippen molar-refractivity contribution in [3.63, 3.8) is 0 Å². The Bertz CT molecular complexity index is 1460. The van der Waals surface area contributed by atoms with E-state index < -0.39 is 12.1 Å². The first-order valence-corrected chi connectivity index (χ1v) is 12.0. The van der Waals surface area contributed by atoms with Gasteiger partial charge in [-0.2, -0.15) is 0 Å². The second kappa shape index (κ2) is 8.47. The highest BCUT2D eigenvalue weighted by Crippen LogP contribution is 2.44. The van der Waals surface area contributed by atoms with Gasteiger partial charge in [-0.1, -0.05) is 60.1 Å². The average molecular weight is 486 g/mol. The monoisotopic (exact) mass is 485 g/mol. The lowest BCUT2D eigenvalue weighted by Gasteiger charge is -2.47. The van der Waals surface area contributed by atoms with Crippen molar-refractivity contribution < 1.29 is 14.3 Å². The predicted molar refractivity (Wildman–Crippen MR) is 134 cm³/mol. The van der Waals surface area contributed by atoms with Crippen LogP contribution in [0, 0.1) is 0 Å². The fourth-order valence-corrected chi connectivity index (χ4v) is 5.74. The smallest absolute Gasteiger partial charge is 0.246 e. The summed E-state index contributed by atoms with van der Waals surface area (Å²) in [7, 11) is 1.63.